The van der Waals surface area contributed by atoms with E-state index in [4.69, 9.17) is 15.7 Å². The topological polar surface area (TPSA) is 113 Å². The summed E-state index contributed by atoms with van der Waals surface area (Å²) in [5.74, 6) is 1.67. The maximum absolute atomic E-state index is 14.5. The Balaban J connectivity index is 1.42. The van der Waals surface area contributed by atoms with Crippen molar-refractivity contribution in [1.29, 1.82) is 0 Å². The third-order valence-electron chi connectivity index (χ3n) is 7.32. The van der Waals surface area contributed by atoms with Gasteiger partial charge in [0.15, 0.2) is 5.65 Å². The molecule has 2 bridgehead atoms. The zero-order valence-corrected chi connectivity index (χ0v) is 18.7. The van der Waals surface area contributed by atoms with Crippen molar-refractivity contribution < 1.29 is 4.39 Å². The molecule has 5 heterocycles. The summed E-state index contributed by atoms with van der Waals surface area (Å²) in [6.45, 7) is 0.858. The maximum Gasteiger partial charge on any atom is 0.155 e. The number of anilines is 2. The molecule has 1 aliphatic heterocycles. The molecular formula is C24H24FN9. The Morgan fingerprint density at radius 1 is 1.24 bits per heavy atom. The lowest BCUT2D eigenvalue weighted by molar-refractivity contribution is 0.471. The van der Waals surface area contributed by atoms with Gasteiger partial charge in [-0.3, -0.25) is 0 Å². The number of hydrogen-bond donors (Lipinski definition) is 3. The van der Waals surface area contributed by atoms with Gasteiger partial charge in [-0.2, -0.15) is 5.10 Å². The molecule has 1 aliphatic carbocycles. The van der Waals surface area contributed by atoms with Crippen LogP contribution in [0.2, 0.25) is 0 Å². The van der Waals surface area contributed by atoms with Crippen LogP contribution in [0.1, 0.15) is 24.4 Å². The van der Waals surface area contributed by atoms with Crippen LogP contribution in [0.4, 0.5) is 15.9 Å². The van der Waals surface area contributed by atoms with Crippen LogP contribution >= 0.6 is 0 Å². The fourth-order valence-corrected chi connectivity index (χ4v) is 5.75. The van der Waals surface area contributed by atoms with Crippen LogP contribution in [-0.2, 0) is 6.42 Å². The van der Waals surface area contributed by atoms with E-state index in [1.54, 1.807) is 23.8 Å². The highest BCUT2D eigenvalue weighted by molar-refractivity contribution is 6.14. The predicted molar refractivity (Wildman–Crippen MR) is 129 cm³/mol. The number of H-pyrrole nitrogens is 1. The number of nitrogens with two attached hydrogens (primary N) is 1. The van der Waals surface area contributed by atoms with Crippen LogP contribution in [0.5, 0.6) is 0 Å². The van der Waals surface area contributed by atoms with E-state index in [1.807, 2.05) is 18.3 Å². The summed E-state index contributed by atoms with van der Waals surface area (Å²) >= 11 is 0. The maximum atomic E-state index is 14.5. The molecule has 9 nitrogen and oxygen atoms in total. The van der Waals surface area contributed by atoms with Gasteiger partial charge >= 0.3 is 0 Å². The van der Waals surface area contributed by atoms with Gasteiger partial charge in [0, 0.05) is 49.5 Å². The fourth-order valence-electron chi connectivity index (χ4n) is 5.75. The smallest absolute Gasteiger partial charge is 0.155 e. The number of halogens is 1. The van der Waals surface area contributed by atoms with Crippen LogP contribution in [0.25, 0.3) is 27.6 Å². The molecule has 0 amide bonds. The molecule has 1 saturated carbocycles. The minimum absolute atomic E-state index is 0.236. The molecule has 2 fully saturated rings. The van der Waals surface area contributed by atoms with E-state index in [-0.39, 0.29) is 11.9 Å². The highest BCUT2D eigenvalue weighted by atomic mass is 19.1. The number of hydrogen-bond acceptors (Lipinski definition) is 7. The molecule has 3 atom stereocenters. The van der Waals surface area contributed by atoms with Crippen molar-refractivity contribution in [3.63, 3.8) is 0 Å². The number of benzene rings is 1. The Morgan fingerprint density at radius 3 is 2.91 bits per heavy atom. The van der Waals surface area contributed by atoms with Gasteiger partial charge in [-0.05, 0) is 37.0 Å². The lowest BCUT2D eigenvalue weighted by Gasteiger charge is -2.31. The first-order valence-electron chi connectivity index (χ1n) is 11.6. The van der Waals surface area contributed by atoms with E-state index >= 15 is 0 Å². The standard InChI is InChI=1S/C24H24FN9/c1-27-18-7-13(25)6-16-21-23(31-22(16)18)29-19(8-14-9-20-28-3-2-4-34(20)32-14)30-24(21)33-11-12-5-15(33)10-17(12)26/h2-4,6-7,9,12,15,17,27H,5,8,10-11,26H2,1H3,(H,29,30,31). The molecule has 0 spiro atoms. The van der Waals surface area contributed by atoms with Gasteiger partial charge in [0.1, 0.15) is 23.1 Å². The molecule has 1 saturated heterocycles. The molecule has 4 aromatic heterocycles. The van der Waals surface area contributed by atoms with Crippen molar-refractivity contribution in [2.75, 3.05) is 23.8 Å². The lowest BCUT2D eigenvalue weighted by atomic mass is 10.0. The molecule has 10 heteroatoms. The Bertz CT molecular complexity index is 1540. The number of fused-ring (bicyclic) bond motifs is 6. The number of rotatable bonds is 4. The van der Waals surface area contributed by atoms with Gasteiger partial charge in [-0.1, -0.05) is 0 Å². The van der Waals surface area contributed by atoms with Gasteiger partial charge < -0.3 is 20.9 Å². The summed E-state index contributed by atoms with van der Waals surface area (Å²) in [6.07, 6.45) is 6.10. The molecular weight excluding hydrogens is 433 g/mol. The van der Waals surface area contributed by atoms with E-state index in [0.717, 1.165) is 52.8 Å². The predicted octanol–water partition coefficient (Wildman–Crippen LogP) is 2.85. The quantitative estimate of drug-likeness (QED) is 0.380. The molecule has 0 radical (unpaired) electrons. The normalized spacial score (nSPS) is 22.0. The number of aromatic amines is 1. The van der Waals surface area contributed by atoms with E-state index in [1.165, 1.54) is 6.07 Å². The van der Waals surface area contributed by atoms with Crippen LogP contribution in [-0.4, -0.2) is 55.2 Å². The largest absolute Gasteiger partial charge is 0.386 e. The molecule has 172 valence electrons. The number of nitrogens with one attached hydrogen (secondary N) is 2. The van der Waals surface area contributed by atoms with E-state index in [0.29, 0.717) is 35.5 Å². The van der Waals surface area contributed by atoms with Crippen molar-refractivity contribution in [3.8, 4) is 0 Å². The third-order valence-corrected chi connectivity index (χ3v) is 7.32. The van der Waals surface area contributed by atoms with Crippen molar-refractivity contribution in [1.82, 2.24) is 29.5 Å². The number of aromatic nitrogens is 6. The molecule has 4 N–H and O–H groups in total. The minimum atomic E-state index is -0.296. The minimum Gasteiger partial charge on any atom is -0.386 e. The second-order valence-corrected chi connectivity index (χ2v) is 9.37. The number of nitrogens with zero attached hydrogens (tertiary/aromatic N) is 6. The highest BCUT2D eigenvalue weighted by Gasteiger charge is 2.44. The zero-order chi connectivity index (χ0) is 23.0. The number of piperidine rings is 1. The summed E-state index contributed by atoms with van der Waals surface area (Å²) < 4.78 is 16.3. The van der Waals surface area contributed by atoms with Gasteiger partial charge in [0.05, 0.1) is 28.7 Å². The Hall–Kier alpha value is -3.79. The second-order valence-electron chi connectivity index (χ2n) is 9.37. The average Bonchev–Trinajstić information content (AvgIpc) is 3.58. The van der Waals surface area contributed by atoms with E-state index < -0.39 is 0 Å². The molecule has 3 unspecified atom stereocenters. The van der Waals surface area contributed by atoms with Crippen molar-refractivity contribution in [2.45, 2.75) is 31.3 Å². The SMILES string of the molecule is CNc1cc(F)cc2c1[nH]c1nc(Cc3cc4ncccn4n3)nc(N3CC4CC3CC4N)c12. The highest BCUT2D eigenvalue weighted by Crippen LogP contribution is 2.43. The summed E-state index contributed by atoms with van der Waals surface area (Å²) in [6, 6.07) is 7.43. The Labute approximate surface area is 194 Å². The Morgan fingerprint density at radius 2 is 2.15 bits per heavy atom. The summed E-state index contributed by atoms with van der Waals surface area (Å²) in [7, 11) is 1.79. The second kappa shape index (κ2) is 7.10. The molecule has 7 rings (SSSR count). The van der Waals surface area contributed by atoms with Gasteiger partial charge in [0.2, 0.25) is 0 Å². The van der Waals surface area contributed by atoms with Gasteiger partial charge in [0.25, 0.3) is 0 Å². The Kier molecular flexibility index (Phi) is 4.11. The van der Waals surface area contributed by atoms with Crippen LogP contribution in [0.3, 0.4) is 0 Å². The first-order chi connectivity index (χ1) is 16.6. The molecule has 5 aromatic rings. The fraction of sp³-hybridized carbons (Fsp3) is 0.333. The van der Waals surface area contributed by atoms with Gasteiger partial charge in [-0.25, -0.2) is 23.9 Å². The lowest BCUT2D eigenvalue weighted by Crippen LogP contribution is -2.41. The van der Waals surface area contributed by atoms with Crippen LogP contribution < -0.4 is 16.0 Å². The summed E-state index contributed by atoms with van der Waals surface area (Å²) in [4.78, 5) is 20.0. The van der Waals surface area contributed by atoms with Crippen LogP contribution in [0.15, 0.2) is 36.7 Å². The third kappa shape index (κ3) is 2.88. The molecule has 2 aliphatic rings. The zero-order valence-electron chi connectivity index (χ0n) is 18.7. The van der Waals surface area contributed by atoms with Gasteiger partial charge in [-0.15, -0.1) is 0 Å². The average molecular weight is 458 g/mol. The summed E-state index contributed by atoms with van der Waals surface area (Å²) in [5, 5.41) is 9.35. The first-order valence-corrected chi connectivity index (χ1v) is 11.6. The van der Waals surface area contributed by atoms with E-state index in [9.17, 15) is 4.39 Å². The summed E-state index contributed by atoms with van der Waals surface area (Å²) in [5.41, 5.74) is 10.2. The first kappa shape index (κ1) is 19.7. The van der Waals surface area contributed by atoms with Crippen LogP contribution in [0, 0.1) is 11.7 Å². The molecule has 34 heavy (non-hydrogen) atoms. The van der Waals surface area contributed by atoms with Crippen molar-refractivity contribution in [2.24, 2.45) is 11.7 Å². The van der Waals surface area contributed by atoms with Crippen molar-refractivity contribution in [3.05, 3.63) is 54.0 Å². The van der Waals surface area contributed by atoms with Crippen molar-refractivity contribution >= 4 is 39.1 Å². The van der Waals surface area contributed by atoms with E-state index in [2.05, 4.69) is 25.3 Å². The molecule has 1 aromatic carbocycles. The monoisotopic (exact) mass is 457 g/mol.